The van der Waals surface area contributed by atoms with Crippen molar-refractivity contribution in [3.05, 3.63) is 28.5 Å². The molecule has 0 aliphatic carbocycles. The number of aromatic nitrogens is 1. The maximum absolute atomic E-state index is 5.92. The fourth-order valence-corrected chi connectivity index (χ4v) is 1.16. The van der Waals surface area contributed by atoms with E-state index >= 15 is 0 Å². The van der Waals surface area contributed by atoms with Crippen LogP contribution in [0.25, 0.3) is 0 Å². The van der Waals surface area contributed by atoms with E-state index in [1.807, 2.05) is 37.6 Å². The summed E-state index contributed by atoms with van der Waals surface area (Å²) in [7, 11) is 0. The molecule has 0 aliphatic heterocycles. The summed E-state index contributed by atoms with van der Waals surface area (Å²) in [4.78, 5) is 0. The second kappa shape index (κ2) is 3.60. The average Bonchev–Trinajstić information content (AvgIpc) is 2.07. The van der Waals surface area contributed by atoms with Gasteiger partial charge in [0.05, 0.1) is 5.02 Å². The lowest BCUT2D eigenvalue weighted by Crippen LogP contribution is -2.32. The first kappa shape index (κ1) is 9.09. The molecular weight excluding hydrogens is 170 g/mol. The minimum Gasteiger partial charge on any atom is -0.116 e. The SMILES string of the molecule is CC#C[n+]1ccc(Cl)c(C)c1C. The van der Waals surface area contributed by atoms with Crippen LogP contribution in [-0.4, -0.2) is 0 Å². The average molecular weight is 181 g/mol. The topological polar surface area (TPSA) is 3.88 Å². The molecule has 0 amide bonds. The second-order valence-corrected chi connectivity index (χ2v) is 3.01. The lowest BCUT2D eigenvalue weighted by Gasteiger charge is -1.97. The Morgan fingerprint density at radius 1 is 1.42 bits per heavy atom. The van der Waals surface area contributed by atoms with Crippen LogP contribution in [-0.2, 0) is 0 Å². The Hall–Kier alpha value is -1.00. The van der Waals surface area contributed by atoms with Gasteiger partial charge in [-0.3, -0.25) is 0 Å². The lowest BCUT2D eigenvalue weighted by molar-refractivity contribution is -0.591. The van der Waals surface area contributed by atoms with Crippen molar-refractivity contribution in [3.8, 4) is 12.0 Å². The smallest absolute Gasteiger partial charge is 0.116 e. The van der Waals surface area contributed by atoms with Gasteiger partial charge in [0.25, 0.3) is 0 Å². The van der Waals surface area contributed by atoms with Gasteiger partial charge in [0.2, 0.25) is 6.04 Å². The maximum Gasteiger partial charge on any atom is 0.228 e. The largest absolute Gasteiger partial charge is 0.228 e. The Labute approximate surface area is 78.0 Å². The lowest BCUT2D eigenvalue weighted by atomic mass is 10.2. The van der Waals surface area contributed by atoms with Crippen LogP contribution < -0.4 is 4.57 Å². The van der Waals surface area contributed by atoms with E-state index in [1.165, 1.54) is 0 Å². The van der Waals surface area contributed by atoms with Gasteiger partial charge in [0.1, 0.15) is 0 Å². The first-order valence-electron chi connectivity index (χ1n) is 3.77. The van der Waals surface area contributed by atoms with Gasteiger partial charge < -0.3 is 0 Å². The third-order valence-corrected chi connectivity index (χ3v) is 2.27. The van der Waals surface area contributed by atoms with Crippen LogP contribution in [0.3, 0.4) is 0 Å². The molecule has 1 nitrogen and oxygen atoms in total. The third kappa shape index (κ3) is 1.60. The predicted molar refractivity (Wildman–Crippen MR) is 50.0 cm³/mol. The molecule has 0 saturated carbocycles. The van der Waals surface area contributed by atoms with Crippen LogP contribution >= 0.6 is 11.6 Å². The Bertz CT molecular complexity index is 358. The van der Waals surface area contributed by atoms with Crippen molar-refractivity contribution in [3.63, 3.8) is 0 Å². The Morgan fingerprint density at radius 3 is 2.67 bits per heavy atom. The maximum atomic E-state index is 5.92. The molecule has 0 saturated heterocycles. The summed E-state index contributed by atoms with van der Waals surface area (Å²) in [5, 5.41) is 0.793. The first-order chi connectivity index (χ1) is 5.66. The highest BCUT2D eigenvalue weighted by Gasteiger charge is 2.09. The van der Waals surface area contributed by atoms with E-state index in [2.05, 4.69) is 12.0 Å². The van der Waals surface area contributed by atoms with Crippen LogP contribution in [0.1, 0.15) is 18.2 Å². The number of hydrogen-bond acceptors (Lipinski definition) is 0. The highest BCUT2D eigenvalue weighted by Crippen LogP contribution is 2.13. The highest BCUT2D eigenvalue weighted by molar-refractivity contribution is 6.31. The van der Waals surface area contributed by atoms with Crippen molar-refractivity contribution in [1.82, 2.24) is 0 Å². The molecule has 0 bridgehead atoms. The van der Waals surface area contributed by atoms with E-state index in [0.29, 0.717) is 0 Å². The Morgan fingerprint density at radius 2 is 2.08 bits per heavy atom. The molecule has 12 heavy (non-hydrogen) atoms. The van der Waals surface area contributed by atoms with E-state index in [0.717, 1.165) is 16.3 Å². The summed E-state index contributed by atoms with van der Waals surface area (Å²) >= 11 is 5.92. The number of nitrogens with zero attached hydrogens (tertiary/aromatic N) is 1. The zero-order chi connectivity index (χ0) is 9.14. The normalized spacial score (nSPS) is 9.00. The van der Waals surface area contributed by atoms with Gasteiger partial charge in [-0.05, 0) is 12.8 Å². The van der Waals surface area contributed by atoms with Crippen molar-refractivity contribution in [2.24, 2.45) is 0 Å². The summed E-state index contributed by atoms with van der Waals surface area (Å²) in [6.45, 7) is 5.81. The molecule has 0 spiro atoms. The fraction of sp³-hybridized carbons (Fsp3) is 0.300. The summed E-state index contributed by atoms with van der Waals surface area (Å²) < 4.78 is 1.88. The molecule has 0 aliphatic rings. The van der Waals surface area contributed by atoms with Gasteiger partial charge >= 0.3 is 0 Å². The molecule has 0 aromatic carbocycles. The van der Waals surface area contributed by atoms with E-state index in [4.69, 9.17) is 11.6 Å². The summed E-state index contributed by atoms with van der Waals surface area (Å²) in [6, 6.07) is 4.81. The number of halogens is 1. The van der Waals surface area contributed by atoms with Crippen molar-refractivity contribution >= 4 is 11.6 Å². The summed E-state index contributed by atoms with van der Waals surface area (Å²) in [6.07, 6.45) is 1.88. The Kier molecular flexibility index (Phi) is 2.73. The van der Waals surface area contributed by atoms with E-state index < -0.39 is 0 Å². The molecule has 0 fully saturated rings. The monoisotopic (exact) mass is 180 g/mol. The predicted octanol–water partition coefficient (Wildman–Crippen LogP) is 2.07. The zero-order valence-corrected chi connectivity index (χ0v) is 8.24. The van der Waals surface area contributed by atoms with E-state index in [-0.39, 0.29) is 0 Å². The summed E-state index contributed by atoms with van der Waals surface area (Å²) in [5.41, 5.74) is 2.18. The van der Waals surface area contributed by atoms with Crippen LogP contribution in [0.15, 0.2) is 12.3 Å². The van der Waals surface area contributed by atoms with Crippen molar-refractivity contribution in [1.29, 1.82) is 0 Å². The number of hydrogen-bond donors (Lipinski definition) is 0. The van der Waals surface area contributed by atoms with E-state index in [9.17, 15) is 0 Å². The molecule has 0 radical (unpaired) electrons. The molecule has 0 atom stereocenters. The molecule has 1 aromatic heterocycles. The Balaban J connectivity index is 3.33. The van der Waals surface area contributed by atoms with Gasteiger partial charge in [-0.25, -0.2) is 0 Å². The van der Waals surface area contributed by atoms with Crippen LogP contribution in [0.2, 0.25) is 5.02 Å². The van der Waals surface area contributed by atoms with Crippen molar-refractivity contribution in [2.75, 3.05) is 0 Å². The highest BCUT2D eigenvalue weighted by atomic mass is 35.5. The van der Waals surface area contributed by atoms with Gasteiger partial charge in [-0.2, -0.15) is 0 Å². The van der Waals surface area contributed by atoms with Gasteiger partial charge in [-0.15, -0.1) is 4.57 Å². The molecule has 0 unspecified atom stereocenters. The molecule has 62 valence electrons. The fourth-order valence-electron chi connectivity index (χ4n) is 0.972. The zero-order valence-electron chi connectivity index (χ0n) is 7.48. The minimum atomic E-state index is 0.793. The van der Waals surface area contributed by atoms with Crippen molar-refractivity contribution in [2.45, 2.75) is 20.8 Å². The molecule has 0 N–H and O–H groups in total. The van der Waals surface area contributed by atoms with Crippen molar-refractivity contribution < 1.29 is 4.57 Å². The molecule has 2 heteroatoms. The minimum absolute atomic E-state index is 0.793. The van der Waals surface area contributed by atoms with Gasteiger partial charge in [-0.1, -0.05) is 11.6 Å². The van der Waals surface area contributed by atoms with E-state index in [1.54, 1.807) is 0 Å². The third-order valence-electron chi connectivity index (χ3n) is 1.86. The molecular formula is C10H11ClN+. The number of pyridine rings is 1. The van der Waals surface area contributed by atoms with Gasteiger partial charge in [0.15, 0.2) is 11.9 Å². The van der Waals surface area contributed by atoms with Crippen LogP contribution in [0.5, 0.6) is 0 Å². The molecule has 1 rings (SSSR count). The number of rotatable bonds is 0. The summed E-state index contributed by atoms with van der Waals surface area (Å²) in [5.74, 6) is 2.84. The van der Waals surface area contributed by atoms with Crippen LogP contribution in [0, 0.1) is 25.8 Å². The second-order valence-electron chi connectivity index (χ2n) is 2.61. The van der Waals surface area contributed by atoms with Gasteiger partial charge in [0, 0.05) is 25.5 Å². The van der Waals surface area contributed by atoms with Crippen LogP contribution in [0.4, 0.5) is 0 Å². The standard InChI is InChI=1S/C10H11ClN/c1-4-6-12-7-5-10(11)8(2)9(12)3/h5,7H,1-3H3/q+1. The molecule has 1 aromatic rings. The quantitative estimate of drug-likeness (QED) is 0.425. The first-order valence-corrected chi connectivity index (χ1v) is 4.14. The molecule has 1 heterocycles.